The van der Waals surface area contributed by atoms with Crippen LogP contribution < -0.4 is 10.0 Å². The monoisotopic (exact) mass is 422 g/mol. The fourth-order valence-corrected chi connectivity index (χ4v) is 4.63. The Balaban J connectivity index is 1.73. The summed E-state index contributed by atoms with van der Waals surface area (Å²) in [6, 6.07) is 13.5. The van der Waals surface area contributed by atoms with Crippen molar-refractivity contribution in [3.63, 3.8) is 0 Å². The molecule has 0 aliphatic carbocycles. The molecule has 2 aromatic rings. The van der Waals surface area contributed by atoms with E-state index in [9.17, 15) is 13.2 Å². The molecule has 2 aromatic carbocycles. The first-order valence-corrected chi connectivity index (χ1v) is 11.0. The second-order valence-corrected chi connectivity index (χ2v) is 8.88. The molecule has 0 bridgehead atoms. The van der Waals surface area contributed by atoms with Crippen molar-refractivity contribution in [3.05, 3.63) is 64.7 Å². The predicted molar refractivity (Wildman–Crippen MR) is 108 cm³/mol. The Morgan fingerprint density at radius 3 is 2.68 bits per heavy atom. The Bertz CT molecular complexity index is 928. The van der Waals surface area contributed by atoms with Gasteiger partial charge in [0.15, 0.2) is 0 Å². The van der Waals surface area contributed by atoms with Crippen LogP contribution in [0.5, 0.6) is 0 Å². The highest BCUT2D eigenvalue weighted by molar-refractivity contribution is 7.89. The van der Waals surface area contributed by atoms with Crippen molar-refractivity contribution in [1.29, 1.82) is 0 Å². The maximum absolute atomic E-state index is 12.6. The molecule has 150 valence electrons. The number of nitrogens with one attached hydrogen (secondary N) is 2. The number of benzene rings is 2. The lowest BCUT2D eigenvalue weighted by atomic mass is 10.1. The fourth-order valence-electron chi connectivity index (χ4n) is 3.04. The average molecular weight is 423 g/mol. The van der Waals surface area contributed by atoms with Gasteiger partial charge in [-0.2, -0.15) is 0 Å². The van der Waals surface area contributed by atoms with E-state index in [1.54, 1.807) is 0 Å². The number of carbonyl (C=O) groups excluding carboxylic acids is 1. The lowest BCUT2D eigenvalue weighted by Gasteiger charge is -2.16. The summed E-state index contributed by atoms with van der Waals surface area (Å²) in [5.41, 5.74) is 1.18. The van der Waals surface area contributed by atoms with Gasteiger partial charge in [0.2, 0.25) is 10.0 Å². The molecular weight excluding hydrogens is 400 g/mol. The van der Waals surface area contributed by atoms with Gasteiger partial charge < -0.3 is 10.1 Å². The van der Waals surface area contributed by atoms with E-state index in [2.05, 4.69) is 10.0 Å². The van der Waals surface area contributed by atoms with E-state index >= 15 is 0 Å². The second-order valence-electron chi connectivity index (χ2n) is 6.74. The number of amides is 1. The highest BCUT2D eigenvalue weighted by Gasteiger charge is 2.23. The number of halogens is 1. The van der Waals surface area contributed by atoms with Crippen LogP contribution >= 0.6 is 11.6 Å². The van der Waals surface area contributed by atoms with E-state index in [0.29, 0.717) is 6.61 Å². The quantitative estimate of drug-likeness (QED) is 0.717. The predicted octanol–water partition coefficient (Wildman–Crippen LogP) is 3.29. The molecular formula is C20H23ClN2O4S. The van der Waals surface area contributed by atoms with E-state index in [1.165, 1.54) is 18.2 Å². The summed E-state index contributed by atoms with van der Waals surface area (Å²) in [5.74, 6) is -0.372. The number of sulfonamides is 1. The average Bonchev–Trinajstić information content (AvgIpc) is 3.21. The molecule has 28 heavy (non-hydrogen) atoms. The maximum atomic E-state index is 12.6. The standard InChI is InChI=1S/C20H23ClN2O4S/c1-14(15-6-3-2-4-7-15)23-20(24)16-9-10-18(21)19(12-16)28(25,26)22-13-17-8-5-11-27-17/h2-4,6-7,9-10,12,14,17,22H,5,8,11,13H2,1H3,(H,23,24)/t14-,17+/m0/s1. The molecule has 1 saturated heterocycles. The zero-order valence-electron chi connectivity index (χ0n) is 15.5. The van der Waals surface area contributed by atoms with E-state index in [0.717, 1.165) is 18.4 Å². The molecule has 0 saturated carbocycles. The maximum Gasteiger partial charge on any atom is 0.251 e. The SMILES string of the molecule is C[C@H](NC(=O)c1ccc(Cl)c(S(=O)(=O)NC[C@H]2CCCO2)c1)c1ccccc1. The third-order valence-corrected chi connectivity index (χ3v) is 6.56. The van der Waals surface area contributed by atoms with Gasteiger partial charge in [0.1, 0.15) is 4.90 Å². The van der Waals surface area contributed by atoms with Crippen LogP contribution in [0.4, 0.5) is 0 Å². The van der Waals surface area contributed by atoms with Gasteiger partial charge in [-0.1, -0.05) is 41.9 Å². The van der Waals surface area contributed by atoms with Crippen LogP contribution in [0, 0.1) is 0 Å². The summed E-state index contributed by atoms with van der Waals surface area (Å²) >= 11 is 6.10. The number of carbonyl (C=O) groups is 1. The van der Waals surface area contributed by atoms with Crippen molar-refractivity contribution >= 4 is 27.5 Å². The molecule has 1 aliphatic heterocycles. The Morgan fingerprint density at radius 1 is 1.25 bits per heavy atom. The van der Waals surface area contributed by atoms with Crippen molar-refractivity contribution in [2.45, 2.75) is 36.8 Å². The minimum Gasteiger partial charge on any atom is -0.377 e. The van der Waals surface area contributed by atoms with Crippen LogP contribution in [0.25, 0.3) is 0 Å². The molecule has 0 spiro atoms. The number of hydrogen-bond acceptors (Lipinski definition) is 4. The van der Waals surface area contributed by atoms with Gasteiger partial charge in [0.25, 0.3) is 5.91 Å². The normalized spacial score (nSPS) is 18.0. The molecule has 1 aliphatic rings. The molecule has 0 aromatic heterocycles. The van der Waals surface area contributed by atoms with Crippen LogP contribution in [-0.2, 0) is 14.8 Å². The van der Waals surface area contributed by atoms with Gasteiger partial charge in [0, 0.05) is 18.7 Å². The first-order chi connectivity index (χ1) is 13.4. The van der Waals surface area contributed by atoms with Crippen molar-refractivity contribution in [3.8, 4) is 0 Å². The van der Waals surface area contributed by atoms with Crippen molar-refractivity contribution in [2.75, 3.05) is 13.2 Å². The topological polar surface area (TPSA) is 84.5 Å². The zero-order valence-corrected chi connectivity index (χ0v) is 17.1. The zero-order chi connectivity index (χ0) is 20.1. The van der Waals surface area contributed by atoms with Crippen molar-refractivity contribution in [2.24, 2.45) is 0 Å². The Hall–Kier alpha value is -1.93. The molecule has 0 unspecified atom stereocenters. The Kier molecular flexibility index (Phi) is 6.72. The van der Waals surface area contributed by atoms with Crippen molar-refractivity contribution < 1.29 is 17.9 Å². The van der Waals surface area contributed by atoms with E-state index < -0.39 is 10.0 Å². The van der Waals surface area contributed by atoms with Crippen molar-refractivity contribution in [1.82, 2.24) is 10.0 Å². The summed E-state index contributed by atoms with van der Waals surface area (Å²) in [7, 11) is -3.86. The van der Waals surface area contributed by atoms with Gasteiger partial charge in [-0.15, -0.1) is 0 Å². The second kappa shape index (κ2) is 9.05. The van der Waals surface area contributed by atoms with Crippen LogP contribution in [0.15, 0.2) is 53.4 Å². The number of rotatable bonds is 7. The van der Waals surface area contributed by atoms with E-state index in [4.69, 9.17) is 16.3 Å². The molecule has 2 atom stereocenters. The molecule has 6 nitrogen and oxygen atoms in total. The largest absolute Gasteiger partial charge is 0.377 e. The van der Waals surface area contributed by atoms with Crippen LogP contribution in [0.2, 0.25) is 5.02 Å². The van der Waals surface area contributed by atoms with E-state index in [1.807, 2.05) is 37.3 Å². The van der Waals surface area contributed by atoms with E-state index in [-0.39, 0.29) is 40.1 Å². The minimum atomic E-state index is -3.86. The number of ether oxygens (including phenoxy) is 1. The lowest BCUT2D eigenvalue weighted by molar-refractivity contribution is 0.0939. The van der Waals surface area contributed by atoms with Crippen LogP contribution in [0.3, 0.4) is 0 Å². The Morgan fingerprint density at radius 2 is 2.00 bits per heavy atom. The highest BCUT2D eigenvalue weighted by Crippen LogP contribution is 2.24. The number of hydrogen-bond donors (Lipinski definition) is 2. The fraction of sp³-hybridized carbons (Fsp3) is 0.350. The highest BCUT2D eigenvalue weighted by atomic mass is 35.5. The first kappa shape index (κ1) is 20.8. The van der Waals surface area contributed by atoms with Gasteiger partial charge in [-0.05, 0) is 43.5 Å². The van der Waals surface area contributed by atoms with Gasteiger partial charge >= 0.3 is 0 Å². The molecule has 1 heterocycles. The summed E-state index contributed by atoms with van der Waals surface area (Å²) < 4.78 is 33.3. The molecule has 1 fully saturated rings. The smallest absolute Gasteiger partial charge is 0.251 e. The van der Waals surface area contributed by atoms with Crippen LogP contribution in [-0.4, -0.2) is 33.6 Å². The van der Waals surface area contributed by atoms with Gasteiger partial charge in [0.05, 0.1) is 17.2 Å². The lowest BCUT2D eigenvalue weighted by Crippen LogP contribution is -2.32. The van der Waals surface area contributed by atoms with Gasteiger partial charge in [-0.25, -0.2) is 13.1 Å². The summed E-state index contributed by atoms with van der Waals surface area (Å²) in [6.45, 7) is 2.69. The molecule has 0 radical (unpaired) electrons. The molecule has 1 amide bonds. The van der Waals surface area contributed by atoms with Gasteiger partial charge in [-0.3, -0.25) is 4.79 Å². The summed E-state index contributed by atoms with van der Waals surface area (Å²) in [5, 5.41) is 2.93. The summed E-state index contributed by atoms with van der Waals surface area (Å²) in [4.78, 5) is 12.5. The third kappa shape index (κ3) is 5.11. The molecule has 8 heteroatoms. The minimum absolute atomic E-state index is 0.0625. The first-order valence-electron chi connectivity index (χ1n) is 9.13. The molecule has 3 rings (SSSR count). The summed E-state index contributed by atoms with van der Waals surface area (Å²) in [6.07, 6.45) is 1.60. The third-order valence-electron chi connectivity index (χ3n) is 4.66. The Labute approximate surface area is 170 Å². The molecule has 2 N–H and O–H groups in total. The van der Waals surface area contributed by atoms with Crippen LogP contribution in [0.1, 0.15) is 41.7 Å².